The maximum atomic E-state index is 13.1. The summed E-state index contributed by atoms with van der Waals surface area (Å²) in [6.45, 7) is 6.23. The van der Waals surface area contributed by atoms with E-state index in [2.05, 4.69) is 22.1 Å². The molecule has 3 aromatic rings. The van der Waals surface area contributed by atoms with Crippen LogP contribution in [-0.2, 0) is 22.5 Å². The van der Waals surface area contributed by atoms with Crippen LogP contribution in [0.4, 0.5) is 5.82 Å². The third kappa shape index (κ3) is 4.72. The number of benzene rings is 1. The van der Waals surface area contributed by atoms with Crippen LogP contribution in [0.1, 0.15) is 40.5 Å². The van der Waals surface area contributed by atoms with E-state index < -0.39 is 11.9 Å². The topological polar surface area (TPSA) is 84.4 Å². The van der Waals surface area contributed by atoms with E-state index in [1.165, 1.54) is 0 Å². The molecule has 2 aromatic heterocycles. The molecule has 0 spiro atoms. The van der Waals surface area contributed by atoms with Crippen molar-refractivity contribution in [2.24, 2.45) is 0 Å². The molecule has 0 saturated carbocycles. The Morgan fingerprint density at radius 2 is 2.06 bits per heavy atom. The van der Waals surface area contributed by atoms with Gasteiger partial charge in [-0.25, -0.2) is 9.78 Å². The number of esters is 1. The summed E-state index contributed by atoms with van der Waals surface area (Å²) < 4.78 is 5.44. The summed E-state index contributed by atoms with van der Waals surface area (Å²) >= 11 is 0. The van der Waals surface area contributed by atoms with E-state index in [1.807, 2.05) is 37.3 Å². The van der Waals surface area contributed by atoms with E-state index in [-0.39, 0.29) is 6.61 Å². The molecule has 0 aliphatic carbocycles. The fraction of sp³-hybridized carbons (Fsp3) is 0.333. The number of rotatable bonds is 6. The first-order valence-electron chi connectivity index (χ1n) is 10.6. The molecule has 0 bridgehead atoms. The molecular formula is C24H26N4O3. The second kappa shape index (κ2) is 9.22. The summed E-state index contributed by atoms with van der Waals surface area (Å²) in [5.74, 6) is -0.491. The highest BCUT2D eigenvalue weighted by Gasteiger charge is 2.26. The van der Waals surface area contributed by atoms with Gasteiger partial charge in [0.05, 0.1) is 11.1 Å². The first-order chi connectivity index (χ1) is 15.0. The van der Waals surface area contributed by atoms with Gasteiger partial charge >= 0.3 is 5.97 Å². The molecule has 160 valence electrons. The molecule has 31 heavy (non-hydrogen) atoms. The number of hydrogen-bond donors (Lipinski definition) is 1. The fourth-order valence-corrected chi connectivity index (χ4v) is 3.97. The molecule has 7 nitrogen and oxygen atoms in total. The average molecular weight is 418 g/mol. The average Bonchev–Trinajstić information content (AvgIpc) is 2.76. The molecule has 0 radical (unpaired) electrons. The number of ether oxygens (including phenoxy) is 1. The molecular weight excluding hydrogens is 392 g/mol. The number of nitrogens with one attached hydrogen (secondary N) is 1. The Balaban J connectivity index is 1.57. The van der Waals surface area contributed by atoms with Crippen LogP contribution in [0, 0.1) is 6.92 Å². The van der Waals surface area contributed by atoms with Crippen LogP contribution in [0.5, 0.6) is 0 Å². The molecule has 1 amide bonds. The third-order valence-corrected chi connectivity index (χ3v) is 5.39. The number of aryl methyl sites for hydroxylation is 1. The molecule has 4 rings (SSSR count). The monoisotopic (exact) mass is 418 g/mol. The smallest absolute Gasteiger partial charge is 0.339 e. The van der Waals surface area contributed by atoms with Crippen molar-refractivity contribution in [3.63, 3.8) is 0 Å². The minimum absolute atomic E-state index is 0.376. The normalized spacial score (nSPS) is 13.6. The third-order valence-electron chi connectivity index (χ3n) is 5.39. The lowest BCUT2D eigenvalue weighted by Gasteiger charge is -2.29. The van der Waals surface area contributed by atoms with E-state index >= 15 is 0 Å². The lowest BCUT2D eigenvalue weighted by atomic mass is 9.95. The Kier molecular flexibility index (Phi) is 6.23. The van der Waals surface area contributed by atoms with E-state index in [4.69, 9.17) is 9.72 Å². The molecule has 0 unspecified atom stereocenters. The SMILES string of the molecule is CCCN1CCc2nc3ccccc3c(C(=O)OCC(=O)Nc3cc(C)ccn3)c2C1. The number of amides is 1. The van der Waals surface area contributed by atoms with Crippen LogP contribution in [0.2, 0.25) is 0 Å². The van der Waals surface area contributed by atoms with Gasteiger partial charge in [0, 0.05) is 42.4 Å². The predicted octanol–water partition coefficient (Wildman–Crippen LogP) is 3.50. The minimum atomic E-state index is -0.499. The number of carbonyl (C=O) groups excluding carboxylic acids is 2. The van der Waals surface area contributed by atoms with Crippen LogP contribution in [0.15, 0.2) is 42.6 Å². The molecule has 1 aliphatic heterocycles. The van der Waals surface area contributed by atoms with Crippen molar-refractivity contribution in [3.05, 3.63) is 65.0 Å². The first kappa shape index (κ1) is 20.9. The number of aromatic nitrogens is 2. The second-order valence-corrected chi connectivity index (χ2v) is 7.80. The number of nitrogens with zero attached hydrogens (tertiary/aromatic N) is 3. The Morgan fingerprint density at radius 3 is 2.87 bits per heavy atom. The number of pyridine rings is 2. The Morgan fingerprint density at radius 1 is 1.23 bits per heavy atom. The van der Waals surface area contributed by atoms with E-state index in [0.717, 1.165) is 53.7 Å². The summed E-state index contributed by atoms with van der Waals surface area (Å²) in [6.07, 6.45) is 3.46. The van der Waals surface area contributed by atoms with E-state index in [1.54, 1.807) is 12.3 Å². The van der Waals surface area contributed by atoms with Crippen LogP contribution in [0.3, 0.4) is 0 Å². The lowest BCUT2D eigenvalue weighted by molar-refractivity contribution is -0.119. The molecule has 0 atom stereocenters. The van der Waals surface area contributed by atoms with Gasteiger partial charge in [-0.2, -0.15) is 0 Å². The maximum Gasteiger partial charge on any atom is 0.339 e. The van der Waals surface area contributed by atoms with Gasteiger partial charge in [0.15, 0.2) is 6.61 Å². The van der Waals surface area contributed by atoms with Crippen molar-refractivity contribution in [2.45, 2.75) is 33.2 Å². The van der Waals surface area contributed by atoms with Crippen LogP contribution in [0.25, 0.3) is 10.9 Å². The van der Waals surface area contributed by atoms with Gasteiger partial charge in [-0.05, 0) is 43.7 Å². The van der Waals surface area contributed by atoms with Crippen molar-refractivity contribution in [2.75, 3.05) is 25.0 Å². The van der Waals surface area contributed by atoms with Gasteiger partial charge < -0.3 is 10.1 Å². The number of anilines is 1. The first-order valence-corrected chi connectivity index (χ1v) is 10.6. The zero-order valence-corrected chi connectivity index (χ0v) is 17.9. The second-order valence-electron chi connectivity index (χ2n) is 7.80. The van der Waals surface area contributed by atoms with Crippen LogP contribution in [-0.4, -0.2) is 46.4 Å². The van der Waals surface area contributed by atoms with Crippen molar-refractivity contribution >= 4 is 28.6 Å². The Bertz CT molecular complexity index is 1130. The number of hydrogen-bond acceptors (Lipinski definition) is 6. The van der Waals surface area contributed by atoms with Gasteiger partial charge in [0.1, 0.15) is 5.82 Å². The highest BCUT2D eigenvalue weighted by Crippen LogP contribution is 2.29. The lowest BCUT2D eigenvalue weighted by Crippen LogP contribution is -2.33. The van der Waals surface area contributed by atoms with Gasteiger partial charge in [0.2, 0.25) is 0 Å². The van der Waals surface area contributed by atoms with Crippen molar-refractivity contribution in [1.82, 2.24) is 14.9 Å². The van der Waals surface area contributed by atoms with Gasteiger partial charge in [-0.3, -0.25) is 14.7 Å². The molecule has 1 N–H and O–H groups in total. The number of para-hydroxylation sites is 1. The van der Waals surface area contributed by atoms with Gasteiger partial charge in [-0.1, -0.05) is 25.1 Å². The maximum absolute atomic E-state index is 13.1. The molecule has 7 heteroatoms. The van der Waals surface area contributed by atoms with Crippen molar-refractivity contribution < 1.29 is 14.3 Å². The zero-order valence-electron chi connectivity index (χ0n) is 17.9. The molecule has 0 fully saturated rings. The van der Waals surface area contributed by atoms with Crippen LogP contribution >= 0.6 is 0 Å². The standard InChI is InChI=1S/C24H26N4O3/c1-3-11-28-12-9-20-18(14-28)23(17-6-4-5-7-19(17)26-20)24(30)31-15-22(29)27-21-13-16(2)8-10-25-21/h4-8,10,13H,3,9,11-12,14-15H2,1-2H3,(H,25,27,29). The summed E-state index contributed by atoms with van der Waals surface area (Å²) in [7, 11) is 0. The highest BCUT2D eigenvalue weighted by molar-refractivity contribution is 6.06. The van der Waals surface area contributed by atoms with Crippen molar-refractivity contribution in [1.29, 1.82) is 0 Å². The minimum Gasteiger partial charge on any atom is -0.452 e. The van der Waals surface area contributed by atoms with Crippen molar-refractivity contribution in [3.8, 4) is 0 Å². The predicted molar refractivity (Wildman–Crippen MR) is 119 cm³/mol. The molecule has 0 saturated heterocycles. The zero-order chi connectivity index (χ0) is 21.8. The summed E-state index contributed by atoms with van der Waals surface area (Å²) in [4.78, 5) is 36.7. The van der Waals surface area contributed by atoms with E-state index in [9.17, 15) is 9.59 Å². The molecule has 1 aromatic carbocycles. The summed E-state index contributed by atoms with van der Waals surface area (Å²) in [6, 6.07) is 11.2. The highest BCUT2D eigenvalue weighted by atomic mass is 16.5. The van der Waals surface area contributed by atoms with Gasteiger partial charge in [-0.15, -0.1) is 0 Å². The molecule has 1 aliphatic rings. The Labute approximate surface area is 181 Å². The summed E-state index contributed by atoms with van der Waals surface area (Å²) in [5, 5.41) is 3.42. The Hall–Kier alpha value is -3.32. The number of carbonyl (C=O) groups is 2. The van der Waals surface area contributed by atoms with E-state index in [0.29, 0.717) is 17.9 Å². The summed E-state index contributed by atoms with van der Waals surface area (Å²) in [5.41, 5.74) is 4.11. The van der Waals surface area contributed by atoms with Gasteiger partial charge in [0.25, 0.3) is 5.91 Å². The number of fused-ring (bicyclic) bond motifs is 2. The molecule has 3 heterocycles. The quantitative estimate of drug-likeness (QED) is 0.617. The largest absolute Gasteiger partial charge is 0.452 e. The fourth-order valence-electron chi connectivity index (χ4n) is 3.97. The van der Waals surface area contributed by atoms with Crippen LogP contribution < -0.4 is 5.32 Å².